The van der Waals surface area contributed by atoms with E-state index in [4.69, 9.17) is 17.3 Å². The molecule has 0 aliphatic rings. The van der Waals surface area contributed by atoms with Crippen LogP contribution in [0.25, 0.3) is 10.9 Å². The maximum atomic E-state index is 12.5. The average Bonchev–Trinajstić information content (AvgIpc) is 2.90. The number of primary amides is 1. The Balaban J connectivity index is 1.77. The summed E-state index contributed by atoms with van der Waals surface area (Å²) in [7, 11) is 1.55. The summed E-state index contributed by atoms with van der Waals surface area (Å²) in [4.78, 5) is 27.9. The van der Waals surface area contributed by atoms with E-state index in [0.717, 1.165) is 16.6 Å². The quantitative estimate of drug-likeness (QED) is 0.526. The van der Waals surface area contributed by atoms with Crippen molar-refractivity contribution in [3.63, 3.8) is 0 Å². The monoisotopic (exact) mass is 372 g/mol. The molecule has 0 aliphatic heterocycles. The number of fused-ring (bicyclic) bond motifs is 1. The number of anilines is 1. The number of aryl methyl sites for hydroxylation is 1. The molecule has 0 fully saturated rings. The van der Waals surface area contributed by atoms with Gasteiger partial charge in [-0.2, -0.15) is 5.10 Å². The van der Waals surface area contributed by atoms with E-state index >= 15 is 0 Å². The van der Waals surface area contributed by atoms with Gasteiger partial charge in [0.25, 0.3) is 5.91 Å². The van der Waals surface area contributed by atoms with Gasteiger partial charge < -0.3 is 5.73 Å². The van der Waals surface area contributed by atoms with E-state index in [0.29, 0.717) is 0 Å². The predicted molar refractivity (Wildman–Crippen MR) is 98.6 cm³/mol. The number of hydrogen-bond acceptors (Lipinski definition) is 5. The summed E-state index contributed by atoms with van der Waals surface area (Å²) >= 11 is 5.88. The van der Waals surface area contributed by atoms with Crippen molar-refractivity contribution in [2.45, 2.75) is 13.5 Å². The maximum Gasteiger partial charge on any atom is 0.262 e. The number of nitrogens with zero attached hydrogens (tertiary/aromatic N) is 4. The van der Waals surface area contributed by atoms with Gasteiger partial charge in [-0.25, -0.2) is 4.98 Å². The first kappa shape index (κ1) is 17.7. The van der Waals surface area contributed by atoms with Crippen molar-refractivity contribution in [3.05, 3.63) is 52.8 Å². The second kappa shape index (κ2) is 7.01. The van der Waals surface area contributed by atoms with Crippen molar-refractivity contribution in [3.8, 4) is 0 Å². The molecule has 0 atom stereocenters. The molecule has 0 saturated carbocycles. The lowest BCUT2D eigenvalue weighted by Crippen LogP contribution is -2.35. The van der Waals surface area contributed by atoms with Gasteiger partial charge in [-0.05, 0) is 25.1 Å². The lowest BCUT2D eigenvalue weighted by Gasteiger charge is -2.19. The first-order valence-corrected chi connectivity index (χ1v) is 8.15. The smallest absolute Gasteiger partial charge is 0.262 e. The largest absolute Gasteiger partial charge is 0.366 e. The van der Waals surface area contributed by atoms with Crippen molar-refractivity contribution in [2.75, 3.05) is 12.5 Å². The molecule has 8 nitrogen and oxygen atoms in total. The molecular formula is C17H17ClN6O2. The highest BCUT2D eigenvalue weighted by Crippen LogP contribution is 2.18. The molecule has 0 saturated heterocycles. The molecule has 2 aromatic heterocycles. The van der Waals surface area contributed by atoms with Gasteiger partial charge in [0, 0.05) is 18.0 Å². The van der Waals surface area contributed by atoms with Gasteiger partial charge in [-0.15, -0.1) is 0 Å². The molecule has 0 spiro atoms. The second-order valence-corrected chi connectivity index (χ2v) is 6.14. The summed E-state index contributed by atoms with van der Waals surface area (Å²) in [6.07, 6.45) is 0. The Hall–Kier alpha value is -3.13. The number of rotatable bonds is 5. The van der Waals surface area contributed by atoms with E-state index in [9.17, 15) is 9.59 Å². The summed E-state index contributed by atoms with van der Waals surface area (Å²) < 4.78 is 1.64. The van der Waals surface area contributed by atoms with Crippen molar-refractivity contribution in [1.82, 2.24) is 19.8 Å². The van der Waals surface area contributed by atoms with E-state index in [-0.39, 0.29) is 29.0 Å². The lowest BCUT2D eigenvalue weighted by atomic mass is 10.2. The third-order valence-electron chi connectivity index (χ3n) is 3.86. The third-order valence-corrected chi connectivity index (χ3v) is 4.06. The molecule has 26 heavy (non-hydrogen) atoms. The Morgan fingerprint density at radius 1 is 1.31 bits per heavy atom. The molecule has 0 bridgehead atoms. The van der Waals surface area contributed by atoms with Crippen molar-refractivity contribution < 1.29 is 9.59 Å². The fourth-order valence-electron chi connectivity index (χ4n) is 2.58. The Morgan fingerprint density at radius 3 is 2.77 bits per heavy atom. The second-order valence-electron chi connectivity index (χ2n) is 5.75. The molecule has 0 radical (unpaired) electrons. The van der Waals surface area contributed by atoms with Gasteiger partial charge in [0.05, 0.1) is 11.2 Å². The standard InChI is InChI=1S/C17H17ClN6O2/c1-10-12-5-3-4-6-13(12)24(21-10)9-16(25)23(2)22-15-8-11(17(19)26)7-14(18)20-15/h3-8H,9H2,1-2H3,(H2,19,26)(H,20,22). The Kier molecular flexibility index (Phi) is 4.77. The number of halogens is 1. The van der Waals surface area contributed by atoms with E-state index in [1.807, 2.05) is 31.2 Å². The number of hydrogen-bond donors (Lipinski definition) is 2. The number of carbonyl (C=O) groups excluding carboxylic acids is 2. The van der Waals surface area contributed by atoms with E-state index in [1.165, 1.54) is 17.1 Å². The molecule has 2 amide bonds. The lowest BCUT2D eigenvalue weighted by molar-refractivity contribution is -0.129. The SMILES string of the molecule is Cc1nn(CC(=O)N(C)Nc2cc(C(N)=O)cc(Cl)n2)c2ccccc12. The van der Waals surface area contributed by atoms with Gasteiger partial charge in [0.15, 0.2) is 0 Å². The van der Waals surface area contributed by atoms with Crippen LogP contribution in [0, 0.1) is 6.92 Å². The zero-order valence-electron chi connectivity index (χ0n) is 14.2. The molecule has 134 valence electrons. The molecule has 0 unspecified atom stereocenters. The molecule has 3 N–H and O–H groups in total. The molecule has 1 aromatic carbocycles. The minimum Gasteiger partial charge on any atom is -0.366 e. The highest BCUT2D eigenvalue weighted by molar-refractivity contribution is 6.29. The highest BCUT2D eigenvalue weighted by Gasteiger charge is 2.15. The van der Waals surface area contributed by atoms with E-state index < -0.39 is 5.91 Å². The molecule has 0 aliphatic carbocycles. The summed E-state index contributed by atoms with van der Waals surface area (Å²) in [5, 5.41) is 6.77. The zero-order valence-corrected chi connectivity index (χ0v) is 15.0. The Labute approximate surface area is 154 Å². The molecular weight excluding hydrogens is 356 g/mol. The van der Waals surface area contributed by atoms with Crippen LogP contribution < -0.4 is 11.2 Å². The summed E-state index contributed by atoms with van der Waals surface area (Å²) in [6.45, 7) is 1.94. The van der Waals surface area contributed by atoms with Crippen LogP contribution in [0.3, 0.4) is 0 Å². The summed E-state index contributed by atoms with van der Waals surface area (Å²) in [6, 6.07) is 10.5. The van der Waals surface area contributed by atoms with Crippen LogP contribution in [0.4, 0.5) is 5.82 Å². The first-order valence-electron chi connectivity index (χ1n) is 7.78. The number of para-hydroxylation sites is 1. The van der Waals surface area contributed by atoms with Crippen LogP contribution in [-0.4, -0.2) is 38.6 Å². The first-order chi connectivity index (χ1) is 12.3. The van der Waals surface area contributed by atoms with Crippen LogP contribution in [0.2, 0.25) is 5.15 Å². The van der Waals surface area contributed by atoms with Gasteiger partial charge >= 0.3 is 0 Å². The fraction of sp³-hybridized carbons (Fsp3) is 0.176. The number of benzene rings is 1. The Bertz CT molecular complexity index is 1000. The predicted octanol–water partition coefficient (Wildman–Crippen LogP) is 1.98. The minimum atomic E-state index is -0.634. The molecule has 3 rings (SSSR count). The zero-order chi connectivity index (χ0) is 18.8. The molecule has 9 heteroatoms. The van der Waals surface area contributed by atoms with Crippen LogP contribution >= 0.6 is 11.6 Å². The molecule has 3 aromatic rings. The van der Waals surface area contributed by atoms with Crippen LogP contribution in [0.1, 0.15) is 16.1 Å². The van der Waals surface area contributed by atoms with Gasteiger partial charge in [0.2, 0.25) is 5.91 Å². The van der Waals surface area contributed by atoms with Gasteiger partial charge in [-0.1, -0.05) is 29.8 Å². The number of nitrogens with two attached hydrogens (primary N) is 1. The van der Waals surface area contributed by atoms with E-state index in [1.54, 1.807) is 11.7 Å². The topological polar surface area (TPSA) is 106 Å². The van der Waals surface area contributed by atoms with Gasteiger partial charge in [-0.3, -0.25) is 24.7 Å². The van der Waals surface area contributed by atoms with Crippen molar-refractivity contribution in [1.29, 1.82) is 0 Å². The van der Waals surface area contributed by atoms with Crippen molar-refractivity contribution >= 4 is 40.1 Å². The summed E-state index contributed by atoms with van der Waals surface area (Å²) in [5.74, 6) is -0.644. The van der Waals surface area contributed by atoms with Crippen molar-refractivity contribution in [2.24, 2.45) is 5.73 Å². The number of nitrogens with one attached hydrogen (secondary N) is 1. The highest BCUT2D eigenvalue weighted by atomic mass is 35.5. The number of likely N-dealkylation sites (N-methyl/N-ethyl adjacent to an activating group) is 1. The number of carbonyl (C=O) groups is 2. The Morgan fingerprint density at radius 2 is 2.04 bits per heavy atom. The van der Waals surface area contributed by atoms with Crippen LogP contribution in [0.5, 0.6) is 0 Å². The maximum absolute atomic E-state index is 12.5. The van der Waals surface area contributed by atoms with E-state index in [2.05, 4.69) is 15.5 Å². The molecule has 2 heterocycles. The number of amides is 2. The number of aromatic nitrogens is 3. The van der Waals surface area contributed by atoms with Crippen LogP contribution in [0.15, 0.2) is 36.4 Å². The van der Waals surface area contributed by atoms with Crippen LogP contribution in [-0.2, 0) is 11.3 Å². The number of pyridine rings is 1. The average molecular weight is 373 g/mol. The normalized spacial score (nSPS) is 10.7. The third kappa shape index (κ3) is 3.60. The minimum absolute atomic E-state index is 0.0428. The summed E-state index contributed by atoms with van der Waals surface area (Å²) in [5.41, 5.74) is 9.97. The number of hydrazine groups is 1. The van der Waals surface area contributed by atoms with Gasteiger partial charge in [0.1, 0.15) is 17.5 Å². The fourth-order valence-corrected chi connectivity index (χ4v) is 2.79.